The molecule has 1 aromatic carbocycles. The quantitative estimate of drug-likeness (QED) is 0.540. The summed E-state index contributed by atoms with van der Waals surface area (Å²) >= 11 is 0. The summed E-state index contributed by atoms with van der Waals surface area (Å²) in [6, 6.07) is 5.48. The fraction of sp³-hybridized carbons (Fsp3) is 0.571. The number of benzene rings is 1. The van der Waals surface area contributed by atoms with E-state index in [1.54, 1.807) is 0 Å². The van der Waals surface area contributed by atoms with Crippen molar-refractivity contribution < 1.29 is 18.8 Å². The Kier molecular flexibility index (Phi) is 9.31. The number of nitrogens with zero attached hydrogens (tertiary/aromatic N) is 2. The van der Waals surface area contributed by atoms with Gasteiger partial charge in [0.05, 0.1) is 13.2 Å². The second-order valence-electron chi connectivity index (χ2n) is 6.61. The highest BCUT2D eigenvalue weighted by molar-refractivity contribution is 5.91. The molecule has 0 bridgehead atoms. The second kappa shape index (κ2) is 12.0. The van der Waals surface area contributed by atoms with E-state index in [9.17, 15) is 4.79 Å². The standard InChI is InChI=1S/C21H31N3O4/c1-4-8-19-23-21(28-24-19)10-7-9-20(25)22-16-11-12-17(26-13-5-2)18(15-16)27-14-6-3/h11-12,15H,4-10,13-14H2,1-3H3,(H,22,25). The summed E-state index contributed by atoms with van der Waals surface area (Å²) in [5.41, 5.74) is 0.697. The Balaban J connectivity index is 1.85. The lowest BCUT2D eigenvalue weighted by Gasteiger charge is -2.14. The van der Waals surface area contributed by atoms with Gasteiger partial charge < -0.3 is 19.3 Å². The molecule has 0 spiro atoms. The van der Waals surface area contributed by atoms with Crippen LogP contribution in [0.3, 0.4) is 0 Å². The predicted molar refractivity (Wildman–Crippen MR) is 108 cm³/mol. The molecule has 1 N–H and O–H groups in total. The summed E-state index contributed by atoms with van der Waals surface area (Å²) in [7, 11) is 0. The van der Waals surface area contributed by atoms with Crippen LogP contribution in [0, 0.1) is 0 Å². The van der Waals surface area contributed by atoms with Gasteiger partial charge in [-0.05, 0) is 37.8 Å². The van der Waals surface area contributed by atoms with Crippen LogP contribution in [-0.4, -0.2) is 29.3 Å². The van der Waals surface area contributed by atoms with Crippen LogP contribution in [0.2, 0.25) is 0 Å². The van der Waals surface area contributed by atoms with Gasteiger partial charge in [0, 0.05) is 31.0 Å². The van der Waals surface area contributed by atoms with Crippen molar-refractivity contribution in [2.75, 3.05) is 18.5 Å². The number of amides is 1. The Morgan fingerprint density at radius 1 is 1.04 bits per heavy atom. The largest absolute Gasteiger partial charge is 0.490 e. The van der Waals surface area contributed by atoms with Crippen molar-refractivity contribution >= 4 is 11.6 Å². The highest BCUT2D eigenvalue weighted by Gasteiger charge is 2.10. The maximum absolute atomic E-state index is 12.2. The first kappa shape index (κ1) is 21.7. The minimum atomic E-state index is -0.0584. The van der Waals surface area contributed by atoms with E-state index >= 15 is 0 Å². The summed E-state index contributed by atoms with van der Waals surface area (Å²) in [5.74, 6) is 2.61. The third-order valence-corrected chi connectivity index (χ3v) is 3.93. The zero-order chi connectivity index (χ0) is 20.2. The maximum Gasteiger partial charge on any atom is 0.226 e. The summed E-state index contributed by atoms with van der Waals surface area (Å²) in [4.78, 5) is 16.6. The molecule has 2 aromatic rings. The molecule has 1 aromatic heterocycles. The molecular formula is C21H31N3O4. The first-order valence-corrected chi connectivity index (χ1v) is 10.2. The van der Waals surface area contributed by atoms with Crippen LogP contribution >= 0.6 is 0 Å². The Morgan fingerprint density at radius 2 is 1.79 bits per heavy atom. The first-order valence-electron chi connectivity index (χ1n) is 10.2. The van der Waals surface area contributed by atoms with Crippen molar-refractivity contribution in [1.29, 1.82) is 0 Å². The number of carbonyl (C=O) groups excluding carboxylic acids is 1. The van der Waals surface area contributed by atoms with E-state index in [1.807, 2.05) is 25.1 Å². The molecule has 7 nitrogen and oxygen atoms in total. The Hall–Kier alpha value is -2.57. The average molecular weight is 389 g/mol. The number of hydrogen-bond acceptors (Lipinski definition) is 6. The first-order chi connectivity index (χ1) is 13.7. The average Bonchev–Trinajstić information content (AvgIpc) is 3.13. The molecule has 0 aliphatic carbocycles. The topological polar surface area (TPSA) is 86.5 Å². The van der Waals surface area contributed by atoms with E-state index in [1.165, 1.54) is 0 Å². The molecule has 0 atom stereocenters. The molecule has 0 aliphatic rings. The molecule has 1 amide bonds. The highest BCUT2D eigenvalue weighted by Crippen LogP contribution is 2.31. The lowest BCUT2D eigenvalue weighted by Crippen LogP contribution is -2.12. The highest BCUT2D eigenvalue weighted by atomic mass is 16.5. The van der Waals surface area contributed by atoms with Crippen molar-refractivity contribution in [3.8, 4) is 11.5 Å². The molecule has 0 unspecified atom stereocenters. The Morgan fingerprint density at radius 3 is 2.50 bits per heavy atom. The van der Waals surface area contributed by atoms with Crippen LogP contribution in [0.15, 0.2) is 22.7 Å². The number of carbonyl (C=O) groups is 1. The fourth-order valence-corrected chi connectivity index (χ4v) is 2.58. The molecule has 0 radical (unpaired) electrons. The van der Waals surface area contributed by atoms with Gasteiger partial charge in [-0.3, -0.25) is 4.79 Å². The SMILES string of the molecule is CCCOc1ccc(NC(=O)CCCc2nc(CCC)no2)cc1OCCC. The minimum absolute atomic E-state index is 0.0584. The van der Waals surface area contributed by atoms with Crippen molar-refractivity contribution in [3.05, 3.63) is 29.9 Å². The van der Waals surface area contributed by atoms with E-state index < -0.39 is 0 Å². The molecule has 0 saturated heterocycles. The number of ether oxygens (including phenoxy) is 2. The molecule has 0 fully saturated rings. The zero-order valence-corrected chi connectivity index (χ0v) is 17.1. The number of nitrogens with one attached hydrogen (secondary N) is 1. The Bertz CT molecular complexity index is 730. The van der Waals surface area contributed by atoms with Crippen LogP contribution in [0.4, 0.5) is 5.69 Å². The fourth-order valence-electron chi connectivity index (χ4n) is 2.58. The van der Waals surface area contributed by atoms with Gasteiger partial charge in [0.2, 0.25) is 11.8 Å². The van der Waals surface area contributed by atoms with E-state index in [0.29, 0.717) is 55.6 Å². The number of aromatic nitrogens is 2. The van der Waals surface area contributed by atoms with E-state index in [-0.39, 0.29) is 5.91 Å². The summed E-state index contributed by atoms with van der Waals surface area (Å²) < 4.78 is 16.7. The maximum atomic E-state index is 12.2. The second-order valence-corrected chi connectivity index (χ2v) is 6.61. The summed E-state index contributed by atoms with van der Waals surface area (Å²) in [6.07, 6.45) is 5.24. The molecular weight excluding hydrogens is 358 g/mol. The van der Waals surface area contributed by atoms with Gasteiger partial charge in [0.1, 0.15) is 0 Å². The van der Waals surface area contributed by atoms with Crippen molar-refractivity contribution in [3.63, 3.8) is 0 Å². The van der Waals surface area contributed by atoms with Crippen LogP contribution in [0.5, 0.6) is 11.5 Å². The third-order valence-electron chi connectivity index (χ3n) is 3.93. The van der Waals surface area contributed by atoms with E-state index in [4.69, 9.17) is 14.0 Å². The minimum Gasteiger partial charge on any atom is -0.490 e. The van der Waals surface area contributed by atoms with Crippen LogP contribution < -0.4 is 14.8 Å². The van der Waals surface area contributed by atoms with Gasteiger partial charge >= 0.3 is 0 Å². The van der Waals surface area contributed by atoms with Gasteiger partial charge in [-0.25, -0.2) is 0 Å². The van der Waals surface area contributed by atoms with Crippen LogP contribution in [-0.2, 0) is 17.6 Å². The smallest absolute Gasteiger partial charge is 0.226 e. The van der Waals surface area contributed by atoms with Crippen molar-refractivity contribution in [1.82, 2.24) is 10.1 Å². The van der Waals surface area contributed by atoms with Gasteiger partial charge in [0.15, 0.2) is 17.3 Å². The number of aryl methyl sites for hydroxylation is 2. The zero-order valence-electron chi connectivity index (χ0n) is 17.1. The van der Waals surface area contributed by atoms with Gasteiger partial charge in [-0.2, -0.15) is 4.98 Å². The molecule has 7 heteroatoms. The van der Waals surface area contributed by atoms with Gasteiger partial charge in [-0.15, -0.1) is 0 Å². The Labute approximate surface area is 166 Å². The molecule has 2 rings (SSSR count). The van der Waals surface area contributed by atoms with E-state index in [2.05, 4.69) is 29.3 Å². The van der Waals surface area contributed by atoms with Crippen molar-refractivity contribution in [2.45, 2.75) is 65.7 Å². The van der Waals surface area contributed by atoms with Crippen molar-refractivity contribution in [2.24, 2.45) is 0 Å². The molecule has 0 saturated carbocycles. The predicted octanol–water partition coefficient (Wildman–Crippen LogP) is 4.56. The molecule has 154 valence electrons. The van der Waals surface area contributed by atoms with Gasteiger partial charge in [0.25, 0.3) is 0 Å². The number of anilines is 1. The van der Waals surface area contributed by atoms with Crippen LogP contribution in [0.1, 0.15) is 64.6 Å². The van der Waals surface area contributed by atoms with E-state index in [0.717, 1.165) is 31.5 Å². The lowest BCUT2D eigenvalue weighted by atomic mass is 10.2. The number of rotatable bonds is 13. The number of hydrogen-bond donors (Lipinski definition) is 1. The summed E-state index contributed by atoms with van der Waals surface area (Å²) in [5, 5.41) is 6.84. The monoisotopic (exact) mass is 389 g/mol. The normalized spacial score (nSPS) is 10.7. The summed E-state index contributed by atoms with van der Waals surface area (Å²) in [6.45, 7) is 7.41. The molecule has 1 heterocycles. The molecule has 0 aliphatic heterocycles. The van der Waals surface area contributed by atoms with Gasteiger partial charge in [-0.1, -0.05) is 25.9 Å². The molecule has 28 heavy (non-hydrogen) atoms. The van der Waals surface area contributed by atoms with Crippen LogP contribution in [0.25, 0.3) is 0 Å². The lowest BCUT2D eigenvalue weighted by molar-refractivity contribution is -0.116. The third kappa shape index (κ3) is 7.21.